The molecular weight excluding hydrogens is 262 g/mol. The molecule has 1 aliphatic heterocycles. The van der Waals surface area contributed by atoms with Crippen molar-refractivity contribution >= 4 is 17.3 Å². The van der Waals surface area contributed by atoms with Crippen LogP contribution in [0, 0.1) is 22.7 Å². The first-order valence-electron chi connectivity index (χ1n) is 7.50. The Balaban J connectivity index is 2.00. The van der Waals surface area contributed by atoms with Gasteiger partial charge in [-0.2, -0.15) is 5.26 Å². The molecule has 4 heteroatoms. The van der Waals surface area contributed by atoms with Gasteiger partial charge in [-0.3, -0.25) is 4.79 Å². The number of carbonyl (C=O) groups is 1. The highest BCUT2D eigenvalue weighted by Gasteiger charge is 2.27. The van der Waals surface area contributed by atoms with Crippen molar-refractivity contribution in [2.45, 2.75) is 33.6 Å². The Labute approximate surface area is 126 Å². The van der Waals surface area contributed by atoms with E-state index in [2.05, 4.69) is 17.1 Å². The van der Waals surface area contributed by atoms with Gasteiger partial charge in [0.25, 0.3) is 0 Å². The van der Waals surface area contributed by atoms with Gasteiger partial charge in [0.1, 0.15) is 5.41 Å². The van der Waals surface area contributed by atoms with Crippen LogP contribution >= 0.6 is 0 Å². The Bertz CT molecular complexity index is 534. The molecule has 2 rings (SSSR count). The minimum atomic E-state index is -1.01. The molecule has 4 nitrogen and oxygen atoms in total. The van der Waals surface area contributed by atoms with Crippen LogP contribution in [0.3, 0.4) is 0 Å². The van der Waals surface area contributed by atoms with Crippen LogP contribution in [0.2, 0.25) is 0 Å². The summed E-state index contributed by atoms with van der Waals surface area (Å²) < 4.78 is 0. The molecule has 0 aromatic heterocycles. The third-order valence-electron chi connectivity index (χ3n) is 4.12. The quantitative estimate of drug-likeness (QED) is 0.926. The van der Waals surface area contributed by atoms with E-state index in [4.69, 9.17) is 5.26 Å². The molecule has 1 aliphatic rings. The standard InChI is InChI=1S/C17H23N3O/c1-13-8-10-20(11-9-13)15-6-4-14(5-7-15)19-16(21)17(2,3)12-18/h4-7,13H,8-11H2,1-3H3,(H,19,21). The average molecular weight is 285 g/mol. The number of nitriles is 1. The minimum absolute atomic E-state index is 0.274. The number of carbonyl (C=O) groups excluding carboxylic acids is 1. The van der Waals surface area contributed by atoms with Crippen LogP contribution < -0.4 is 10.2 Å². The molecule has 0 spiro atoms. The predicted molar refractivity (Wildman–Crippen MR) is 85.1 cm³/mol. The first kappa shape index (κ1) is 15.4. The van der Waals surface area contributed by atoms with Crippen LogP contribution in [0.25, 0.3) is 0 Å². The third-order valence-corrected chi connectivity index (χ3v) is 4.12. The Morgan fingerprint density at radius 2 is 1.86 bits per heavy atom. The van der Waals surface area contributed by atoms with E-state index in [-0.39, 0.29) is 5.91 Å². The van der Waals surface area contributed by atoms with Crippen LogP contribution in [-0.2, 0) is 4.79 Å². The lowest BCUT2D eigenvalue weighted by Gasteiger charge is -2.32. The van der Waals surface area contributed by atoms with Gasteiger partial charge >= 0.3 is 0 Å². The third kappa shape index (κ3) is 3.75. The molecule has 0 radical (unpaired) electrons. The van der Waals surface area contributed by atoms with Crippen LogP contribution in [0.1, 0.15) is 33.6 Å². The number of piperidine rings is 1. The summed E-state index contributed by atoms with van der Waals surface area (Å²) in [5.41, 5.74) is 0.915. The SMILES string of the molecule is CC1CCN(c2ccc(NC(=O)C(C)(C)C#N)cc2)CC1. The second kappa shape index (κ2) is 6.17. The first-order chi connectivity index (χ1) is 9.92. The molecule has 0 bridgehead atoms. The van der Waals surface area contributed by atoms with E-state index >= 15 is 0 Å². The fourth-order valence-corrected chi connectivity index (χ4v) is 2.36. The van der Waals surface area contributed by atoms with Crippen molar-refractivity contribution in [2.75, 3.05) is 23.3 Å². The maximum absolute atomic E-state index is 11.9. The summed E-state index contributed by atoms with van der Waals surface area (Å²) >= 11 is 0. The summed E-state index contributed by atoms with van der Waals surface area (Å²) in [7, 11) is 0. The van der Waals surface area contributed by atoms with E-state index in [1.54, 1.807) is 13.8 Å². The van der Waals surface area contributed by atoms with E-state index in [1.165, 1.54) is 18.5 Å². The zero-order valence-corrected chi connectivity index (χ0v) is 13.0. The molecular formula is C17H23N3O. The van der Waals surface area contributed by atoms with Gasteiger partial charge in [0.05, 0.1) is 6.07 Å². The number of rotatable bonds is 3. The first-order valence-corrected chi connectivity index (χ1v) is 7.50. The number of anilines is 2. The van der Waals surface area contributed by atoms with Gasteiger partial charge in [-0.25, -0.2) is 0 Å². The summed E-state index contributed by atoms with van der Waals surface area (Å²) in [6.45, 7) is 7.72. The maximum atomic E-state index is 11.9. The molecule has 0 saturated carbocycles. The molecule has 1 aromatic rings. The van der Waals surface area contributed by atoms with Crippen molar-refractivity contribution < 1.29 is 4.79 Å². The van der Waals surface area contributed by atoms with Crippen molar-refractivity contribution in [3.8, 4) is 6.07 Å². The Morgan fingerprint density at radius 1 is 1.29 bits per heavy atom. The van der Waals surface area contributed by atoms with E-state index < -0.39 is 5.41 Å². The van der Waals surface area contributed by atoms with Gasteiger partial charge < -0.3 is 10.2 Å². The van der Waals surface area contributed by atoms with Gasteiger partial charge in [0, 0.05) is 24.5 Å². The fraction of sp³-hybridized carbons (Fsp3) is 0.529. The predicted octanol–water partition coefficient (Wildman–Crippen LogP) is 3.41. The van der Waals surface area contributed by atoms with Gasteiger partial charge in [0.15, 0.2) is 0 Å². The second-order valence-electron chi connectivity index (χ2n) is 6.41. The van der Waals surface area contributed by atoms with E-state index in [0.29, 0.717) is 0 Å². The topological polar surface area (TPSA) is 56.1 Å². The number of nitrogens with zero attached hydrogens (tertiary/aromatic N) is 2. The zero-order valence-electron chi connectivity index (χ0n) is 13.0. The summed E-state index contributed by atoms with van der Waals surface area (Å²) in [6, 6.07) is 9.88. The molecule has 21 heavy (non-hydrogen) atoms. The van der Waals surface area contributed by atoms with Crippen molar-refractivity contribution in [1.82, 2.24) is 0 Å². The lowest BCUT2D eigenvalue weighted by molar-refractivity contribution is -0.121. The van der Waals surface area contributed by atoms with Crippen LogP contribution in [0.15, 0.2) is 24.3 Å². The van der Waals surface area contributed by atoms with Crippen LogP contribution in [0.5, 0.6) is 0 Å². The zero-order chi connectivity index (χ0) is 15.5. The van der Waals surface area contributed by atoms with Crippen molar-refractivity contribution in [2.24, 2.45) is 11.3 Å². The normalized spacial score (nSPS) is 16.4. The van der Waals surface area contributed by atoms with E-state index in [9.17, 15) is 4.79 Å². The molecule has 1 heterocycles. The lowest BCUT2D eigenvalue weighted by Crippen LogP contribution is -2.32. The highest BCUT2D eigenvalue weighted by Crippen LogP contribution is 2.25. The molecule has 0 aliphatic carbocycles. The molecule has 1 amide bonds. The maximum Gasteiger partial charge on any atom is 0.244 e. The molecule has 0 atom stereocenters. The molecule has 1 fully saturated rings. The lowest BCUT2D eigenvalue weighted by atomic mass is 9.94. The number of nitrogens with one attached hydrogen (secondary N) is 1. The molecule has 0 unspecified atom stereocenters. The number of hydrogen-bond acceptors (Lipinski definition) is 3. The summed E-state index contributed by atoms with van der Waals surface area (Å²) in [5.74, 6) is 0.539. The second-order valence-corrected chi connectivity index (χ2v) is 6.41. The Kier molecular flexibility index (Phi) is 4.52. The van der Waals surface area contributed by atoms with E-state index in [0.717, 1.165) is 24.7 Å². The molecule has 1 saturated heterocycles. The molecule has 1 aromatic carbocycles. The largest absolute Gasteiger partial charge is 0.372 e. The summed E-state index contributed by atoms with van der Waals surface area (Å²) in [6.07, 6.45) is 2.46. The van der Waals surface area contributed by atoms with Crippen molar-refractivity contribution in [1.29, 1.82) is 5.26 Å². The molecule has 1 N–H and O–H groups in total. The van der Waals surface area contributed by atoms with Gasteiger partial charge in [0.2, 0.25) is 5.91 Å². The highest BCUT2D eigenvalue weighted by molar-refractivity contribution is 5.96. The summed E-state index contributed by atoms with van der Waals surface area (Å²) in [5, 5.41) is 11.8. The minimum Gasteiger partial charge on any atom is -0.372 e. The number of amides is 1. The Hall–Kier alpha value is -2.02. The van der Waals surface area contributed by atoms with Crippen LogP contribution in [-0.4, -0.2) is 19.0 Å². The van der Waals surface area contributed by atoms with Crippen molar-refractivity contribution in [3.63, 3.8) is 0 Å². The van der Waals surface area contributed by atoms with Crippen LogP contribution in [0.4, 0.5) is 11.4 Å². The smallest absolute Gasteiger partial charge is 0.244 e. The van der Waals surface area contributed by atoms with Gasteiger partial charge in [-0.1, -0.05) is 6.92 Å². The monoisotopic (exact) mass is 285 g/mol. The number of hydrogen-bond donors (Lipinski definition) is 1. The fourth-order valence-electron chi connectivity index (χ4n) is 2.36. The molecule has 112 valence electrons. The van der Waals surface area contributed by atoms with Gasteiger partial charge in [-0.15, -0.1) is 0 Å². The summed E-state index contributed by atoms with van der Waals surface area (Å²) in [4.78, 5) is 14.3. The van der Waals surface area contributed by atoms with Crippen molar-refractivity contribution in [3.05, 3.63) is 24.3 Å². The highest BCUT2D eigenvalue weighted by atomic mass is 16.2. The number of benzene rings is 1. The average Bonchev–Trinajstić information content (AvgIpc) is 2.49. The Morgan fingerprint density at radius 3 is 2.38 bits per heavy atom. The van der Waals surface area contributed by atoms with Gasteiger partial charge in [-0.05, 0) is 56.9 Å². The van der Waals surface area contributed by atoms with E-state index in [1.807, 2.05) is 30.3 Å².